The fourth-order valence-electron chi connectivity index (χ4n) is 4.89. The summed E-state index contributed by atoms with van der Waals surface area (Å²) in [4.78, 5) is 34.1. The van der Waals surface area contributed by atoms with E-state index in [1.807, 2.05) is 33.8 Å². The summed E-state index contributed by atoms with van der Waals surface area (Å²) in [6.45, 7) is 10.4. The first-order valence-corrected chi connectivity index (χ1v) is 13.3. The predicted octanol–water partition coefficient (Wildman–Crippen LogP) is 4.38. The maximum absolute atomic E-state index is 12.6. The average Bonchev–Trinajstić information content (AvgIpc) is 3.42. The van der Waals surface area contributed by atoms with E-state index in [4.69, 9.17) is 15.2 Å². The normalized spacial score (nSPS) is 14.8. The first-order valence-electron chi connectivity index (χ1n) is 12.5. The topological polar surface area (TPSA) is 115 Å². The van der Waals surface area contributed by atoms with Crippen LogP contribution in [0.5, 0.6) is 5.75 Å². The van der Waals surface area contributed by atoms with Gasteiger partial charge < -0.3 is 20.1 Å². The van der Waals surface area contributed by atoms with Gasteiger partial charge in [0.25, 0.3) is 0 Å². The van der Waals surface area contributed by atoms with Crippen molar-refractivity contribution in [3.8, 4) is 16.2 Å². The van der Waals surface area contributed by atoms with Crippen molar-refractivity contribution >= 4 is 45.1 Å². The maximum atomic E-state index is 12.6. The summed E-state index contributed by atoms with van der Waals surface area (Å²) < 4.78 is 13.9. The Morgan fingerprint density at radius 2 is 1.92 bits per heavy atom. The van der Waals surface area contributed by atoms with Crippen LogP contribution in [0.4, 0.5) is 10.6 Å². The van der Waals surface area contributed by atoms with E-state index < -0.39 is 5.60 Å². The molecule has 200 valence electrons. The van der Waals surface area contributed by atoms with E-state index in [1.165, 1.54) is 6.33 Å². The number of piperazine rings is 1. The standard InChI is InChI=1S/C27H32N6O4S/c1-16-10-17-12-21(38-24(17)20(11-16)36-5)22-18(14-34)19(33-23(22)25(28)29-15-30-33)13-31-6-8-32(9-7-31)26(35)37-27(2,3)4/h10-12,14-15H,6-9,13H2,1-5H3,(H2,28,29,30). The summed E-state index contributed by atoms with van der Waals surface area (Å²) in [5.41, 5.74) is 9.52. The molecule has 1 fully saturated rings. The van der Waals surface area contributed by atoms with Crippen LogP contribution in [0, 0.1) is 6.92 Å². The van der Waals surface area contributed by atoms with Crippen molar-refractivity contribution in [2.24, 2.45) is 0 Å². The number of hydrogen-bond donors (Lipinski definition) is 1. The lowest BCUT2D eigenvalue weighted by Gasteiger charge is -2.35. The minimum Gasteiger partial charge on any atom is -0.495 e. The number of rotatable bonds is 5. The summed E-state index contributed by atoms with van der Waals surface area (Å²) >= 11 is 1.55. The lowest BCUT2D eigenvalue weighted by Crippen LogP contribution is -2.49. The fraction of sp³-hybridized carbons (Fsp3) is 0.407. The van der Waals surface area contributed by atoms with Crippen LogP contribution in [-0.4, -0.2) is 75.7 Å². The monoisotopic (exact) mass is 536 g/mol. The number of hydrogen-bond acceptors (Lipinski definition) is 9. The Morgan fingerprint density at radius 1 is 1.18 bits per heavy atom. The predicted molar refractivity (Wildman–Crippen MR) is 148 cm³/mol. The van der Waals surface area contributed by atoms with E-state index in [9.17, 15) is 9.59 Å². The van der Waals surface area contributed by atoms with Crippen LogP contribution >= 0.6 is 11.3 Å². The molecule has 0 saturated carbocycles. The van der Waals surface area contributed by atoms with Gasteiger partial charge in [-0.3, -0.25) is 9.69 Å². The second kappa shape index (κ2) is 9.88. The molecule has 0 bridgehead atoms. The Hall–Kier alpha value is -3.70. The van der Waals surface area contributed by atoms with E-state index in [2.05, 4.69) is 27.1 Å². The number of carbonyl (C=O) groups excluding carboxylic acids is 2. The van der Waals surface area contributed by atoms with Crippen molar-refractivity contribution in [3.05, 3.63) is 41.3 Å². The average molecular weight is 537 g/mol. The molecular formula is C27H32N6O4S. The van der Waals surface area contributed by atoms with Gasteiger partial charge in [-0.15, -0.1) is 11.3 Å². The molecule has 1 aliphatic rings. The van der Waals surface area contributed by atoms with Crippen LogP contribution in [0.1, 0.15) is 42.4 Å². The van der Waals surface area contributed by atoms with Gasteiger partial charge in [0.15, 0.2) is 12.1 Å². The Kier molecular flexibility index (Phi) is 6.74. The number of aldehydes is 1. The van der Waals surface area contributed by atoms with Crippen molar-refractivity contribution in [2.45, 2.75) is 39.8 Å². The van der Waals surface area contributed by atoms with E-state index in [1.54, 1.807) is 27.9 Å². The number of nitrogens with two attached hydrogens (primary N) is 1. The minimum atomic E-state index is -0.538. The van der Waals surface area contributed by atoms with Gasteiger partial charge in [0.2, 0.25) is 0 Å². The number of ether oxygens (including phenoxy) is 2. The fourth-order valence-corrected chi connectivity index (χ4v) is 6.08. The molecule has 0 aliphatic carbocycles. The van der Waals surface area contributed by atoms with Crippen LogP contribution in [0.25, 0.3) is 26.0 Å². The van der Waals surface area contributed by atoms with Crippen LogP contribution in [0.2, 0.25) is 0 Å². The third-order valence-corrected chi connectivity index (χ3v) is 7.78. The van der Waals surface area contributed by atoms with Gasteiger partial charge in [-0.2, -0.15) is 5.10 Å². The van der Waals surface area contributed by atoms with E-state index in [-0.39, 0.29) is 6.09 Å². The minimum absolute atomic E-state index is 0.305. The molecular weight excluding hydrogens is 504 g/mol. The van der Waals surface area contributed by atoms with Crippen molar-refractivity contribution < 1.29 is 19.1 Å². The first-order chi connectivity index (χ1) is 18.1. The number of amides is 1. The SMILES string of the molecule is COc1cc(C)cc2cc(-c3c(C=O)c(CN4CCN(C(=O)OC(C)(C)C)CC4)n4ncnc(N)c34)sc12. The number of benzene rings is 1. The summed E-state index contributed by atoms with van der Waals surface area (Å²) in [6.07, 6.45) is 1.97. The molecule has 1 saturated heterocycles. The molecule has 0 radical (unpaired) electrons. The number of nitrogen functional groups attached to an aromatic ring is 1. The van der Waals surface area contributed by atoms with Gasteiger partial charge in [0.05, 0.1) is 17.5 Å². The molecule has 10 nitrogen and oxygen atoms in total. The highest BCUT2D eigenvalue weighted by atomic mass is 32.1. The van der Waals surface area contributed by atoms with Crippen LogP contribution < -0.4 is 10.5 Å². The van der Waals surface area contributed by atoms with Crippen molar-refractivity contribution in [1.29, 1.82) is 0 Å². The molecule has 1 aliphatic heterocycles. The molecule has 38 heavy (non-hydrogen) atoms. The number of anilines is 1. The molecule has 1 amide bonds. The molecule has 0 atom stereocenters. The van der Waals surface area contributed by atoms with Crippen molar-refractivity contribution in [2.75, 3.05) is 39.0 Å². The second-order valence-corrected chi connectivity index (χ2v) is 11.6. The number of aromatic nitrogens is 3. The maximum Gasteiger partial charge on any atom is 0.410 e. The highest BCUT2D eigenvalue weighted by molar-refractivity contribution is 7.22. The number of nitrogens with zero attached hydrogens (tertiary/aromatic N) is 5. The zero-order valence-electron chi connectivity index (χ0n) is 22.3. The summed E-state index contributed by atoms with van der Waals surface area (Å²) in [7, 11) is 1.66. The van der Waals surface area contributed by atoms with Gasteiger partial charge >= 0.3 is 6.09 Å². The number of thiophene rings is 1. The zero-order chi connectivity index (χ0) is 27.2. The zero-order valence-corrected chi connectivity index (χ0v) is 23.1. The molecule has 1 aromatic carbocycles. The Bertz CT molecular complexity index is 1530. The third-order valence-electron chi connectivity index (χ3n) is 6.60. The quantitative estimate of drug-likeness (QED) is 0.374. The molecule has 0 unspecified atom stereocenters. The van der Waals surface area contributed by atoms with Crippen LogP contribution in [-0.2, 0) is 11.3 Å². The third kappa shape index (κ3) is 4.79. The van der Waals surface area contributed by atoms with E-state index in [0.29, 0.717) is 49.6 Å². The first kappa shape index (κ1) is 25.9. The van der Waals surface area contributed by atoms with Crippen LogP contribution in [0.3, 0.4) is 0 Å². The molecule has 5 rings (SSSR count). The molecule has 3 aromatic heterocycles. The van der Waals surface area contributed by atoms with E-state index >= 15 is 0 Å². The highest BCUT2D eigenvalue weighted by Gasteiger charge is 2.29. The number of methoxy groups -OCH3 is 1. The van der Waals surface area contributed by atoms with Gasteiger partial charge in [-0.25, -0.2) is 14.3 Å². The van der Waals surface area contributed by atoms with Crippen LogP contribution in [0.15, 0.2) is 24.5 Å². The van der Waals surface area contributed by atoms with Crippen molar-refractivity contribution in [1.82, 2.24) is 24.4 Å². The number of carbonyl (C=O) groups is 2. The highest BCUT2D eigenvalue weighted by Crippen LogP contribution is 2.44. The largest absolute Gasteiger partial charge is 0.495 e. The molecule has 2 N–H and O–H groups in total. The second-order valence-electron chi connectivity index (χ2n) is 10.5. The molecule has 4 heterocycles. The van der Waals surface area contributed by atoms with Gasteiger partial charge in [-0.05, 0) is 50.8 Å². The Morgan fingerprint density at radius 3 is 2.58 bits per heavy atom. The summed E-state index contributed by atoms with van der Waals surface area (Å²) in [5, 5.41) is 5.52. The number of fused-ring (bicyclic) bond motifs is 2. The molecule has 0 spiro atoms. The van der Waals surface area contributed by atoms with Crippen molar-refractivity contribution in [3.63, 3.8) is 0 Å². The summed E-state index contributed by atoms with van der Waals surface area (Å²) in [5.74, 6) is 1.10. The Labute approximate surface area is 224 Å². The molecule has 11 heteroatoms. The lowest BCUT2D eigenvalue weighted by atomic mass is 10.1. The Balaban J connectivity index is 1.51. The van der Waals surface area contributed by atoms with Gasteiger partial charge in [-0.1, -0.05) is 6.07 Å². The summed E-state index contributed by atoms with van der Waals surface area (Å²) in [6, 6.07) is 6.16. The van der Waals surface area contributed by atoms with E-state index in [0.717, 1.165) is 43.8 Å². The smallest absolute Gasteiger partial charge is 0.410 e. The lowest BCUT2D eigenvalue weighted by molar-refractivity contribution is 0.0137. The molecule has 4 aromatic rings. The number of aryl methyl sites for hydroxylation is 1. The van der Waals surface area contributed by atoms with Gasteiger partial charge in [0.1, 0.15) is 23.2 Å². The van der Waals surface area contributed by atoms with Gasteiger partial charge in [0, 0.05) is 48.7 Å².